The molecule has 1 aliphatic rings. The molecule has 1 aromatic carbocycles. The molecule has 0 heterocycles. The summed E-state index contributed by atoms with van der Waals surface area (Å²) in [5, 5.41) is 12.9. The van der Waals surface area contributed by atoms with Crippen molar-refractivity contribution in [2.75, 3.05) is 5.32 Å². The predicted octanol–water partition coefficient (Wildman–Crippen LogP) is 2.88. The van der Waals surface area contributed by atoms with Crippen LogP contribution < -0.4 is 5.32 Å². The lowest BCUT2D eigenvalue weighted by atomic mass is 10.3. The maximum atomic E-state index is 10.6. The number of halogens is 2. The number of rotatable bonds is 3. The van der Waals surface area contributed by atoms with Crippen molar-refractivity contribution in [1.29, 1.82) is 0 Å². The van der Waals surface area contributed by atoms with Gasteiger partial charge in [0.05, 0.1) is 5.92 Å². The van der Waals surface area contributed by atoms with E-state index in [2.05, 4.69) is 5.32 Å². The molecule has 1 aliphatic carbocycles. The number of anilines is 1. The average Bonchev–Trinajstić information content (AvgIpc) is 2.81. The molecule has 5 heteroatoms. The zero-order chi connectivity index (χ0) is 11.0. The van der Waals surface area contributed by atoms with Gasteiger partial charge >= 0.3 is 5.97 Å². The van der Waals surface area contributed by atoms with E-state index in [-0.39, 0.29) is 12.0 Å². The van der Waals surface area contributed by atoms with Crippen molar-refractivity contribution < 1.29 is 9.90 Å². The molecule has 1 aromatic rings. The Morgan fingerprint density at radius 2 is 1.93 bits per heavy atom. The Hall–Kier alpha value is -0.930. The van der Waals surface area contributed by atoms with Gasteiger partial charge in [-0.1, -0.05) is 23.2 Å². The molecule has 0 spiro atoms. The molecule has 0 saturated heterocycles. The summed E-state index contributed by atoms with van der Waals surface area (Å²) in [5.41, 5.74) is 0.765. The molecule has 3 nitrogen and oxygen atoms in total. The summed E-state index contributed by atoms with van der Waals surface area (Å²) >= 11 is 11.6. The fraction of sp³-hybridized carbons (Fsp3) is 0.300. The van der Waals surface area contributed by atoms with Gasteiger partial charge in [0.15, 0.2) is 0 Å². The molecule has 0 amide bonds. The molecule has 2 N–H and O–H groups in total. The number of hydrogen-bond donors (Lipinski definition) is 2. The van der Waals surface area contributed by atoms with Crippen LogP contribution in [-0.4, -0.2) is 17.1 Å². The highest BCUT2D eigenvalue weighted by Crippen LogP contribution is 2.34. The van der Waals surface area contributed by atoms with Gasteiger partial charge < -0.3 is 10.4 Å². The van der Waals surface area contributed by atoms with Gasteiger partial charge in [-0.2, -0.15) is 0 Å². The molecule has 2 unspecified atom stereocenters. The van der Waals surface area contributed by atoms with Gasteiger partial charge in [-0.05, 0) is 24.6 Å². The first-order valence-corrected chi connectivity index (χ1v) is 5.27. The zero-order valence-electron chi connectivity index (χ0n) is 7.71. The van der Waals surface area contributed by atoms with E-state index in [4.69, 9.17) is 28.3 Å². The number of carboxylic acid groups (broad SMARTS) is 1. The quantitative estimate of drug-likeness (QED) is 0.862. The van der Waals surface area contributed by atoms with E-state index in [1.54, 1.807) is 18.2 Å². The Labute approximate surface area is 97.0 Å². The van der Waals surface area contributed by atoms with Crippen LogP contribution in [0.25, 0.3) is 0 Å². The molecule has 2 rings (SSSR count). The fourth-order valence-electron chi connectivity index (χ4n) is 1.48. The lowest BCUT2D eigenvalue weighted by molar-refractivity contribution is -0.138. The van der Waals surface area contributed by atoms with Crippen LogP contribution in [0.5, 0.6) is 0 Å². The van der Waals surface area contributed by atoms with Crippen LogP contribution in [0.15, 0.2) is 18.2 Å². The summed E-state index contributed by atoms with van der Waals surface area (Å²) in [6, 6.07) is 5.09. The molecule has 1 fully saturated rings. The standard InChI is InChI=1S/C10H9Cl2NO2/c11-5-1-6(12)3-7(2-5)13-9-4-8(9)10(14)15/h1-3,8-9,13H,4H2,(H,14,15). The highest BCUT2D eigenvalue weighted by atomic mass is 35.5. The normalized spacial score (nSPS) is 23.6. The van der Waals surface area contributed by atoms with Crippen molar-refractivity contribution in [2.24, 2.45) is 5.92 Å². The highest BCUT2D eigenvalue weighted by molar-refractivity contribution is 6.35. The molecule has 0 radical (unpaired) electrons. The van der Waals surface area contributed by atoms with Gasteiger partial charge in [-0.15, -0.1) is 0 Å². The molecular formula is C10H9Cl2NO2. The SMILES string of the molecule is O=C(O)C1CC1Nc1cc(Cl)cc(Cl)c1. The summed E-state index contributed by atoms with van der Waals surface area (Å²) in [6.07, 6.45) is 0.652. The Kier molecular flexibility index (Phi) is 2.76. The summed E-state index contributed by atoms with van der Waals surface area (Å²) in [6.45, 7) is 0. The number of carboxylic acids is 1. The van der Waals surface area contributed by atoms with Crippen LogP contribution in [-0.2, 0) is 4.79 Å². The van der Waals surface area contributed by atoms with Crippen LogP contribution >= 0.6 is 23.2 Å². The summed E-state index contributed by atoms with van der Waals surface area (Å²) in [5.74, 6) is -1.05. The van der Waals surface area contributed by atoms with Gasteiger partial charge in [-0.25, -0.2) is 0 Å². The van der Waals surface area contributed by atoms with Crippen LogP contribution in [0, 0.1) is 5.92 Å². The van der Waals surface area contributed by atoms with Gasteiger partial charge in [0, 0.05) is 21.8 Å². The minimum absolute atomic E-state index is 0.00275. The van der Waals surface area contributed by atoms with E-state index in [9.17, 15) is 4.79 Å². The van der Waals surface area contributed by atoms with Crippen molar-refractivity contribution in [3.8, 4) is 0 Å². The number of benzene rings is 1. The Morgan fingerprint density at radius 1 is 1.33 bits per heavy atom. The third kappa shape index (κ3) is 2.55. The van der Waals surface area contributed by atoms with Gasteiger partial charge in [-0.3, -0.25) is 4.79 Å². The summed E-state index contributed by atoms with van der Waals surface area (Å²) in [7, 11) is 0. The lowest BCUT2D eigenvalue weighted by Gasteiger charge is -2.05. The lowest BCUT2D eigenvalue weighted by Crippen LogP contribution is -2.09. The maximum absolute atomic E-state index is 10.6. The molecule has 0 aromatic heterocycles. The number of hydrogen-bond acceptors (Lipinski definition) is 2. The van der Waals surface area contributed by atoms with Crippen LogP contribution in [0.4, 0.5) is 5.69 Å². The van der Waals surface area contributed by atoms with Gasteiger partial charge in [0.2, 0.25) is 0 Å². The van der Waals surface area contributed by atoms with Gasteiger partial charge in [0.25, 0.3) is 0 Å². The Balaban J connectivity index is 2.03. The van der Waals surface area contributed by atoms with Crippen molar-refractivity contribution in [2.45, 2.75) is 12.5 Å². The highest BCUT2D eigenvalue weighted by Gasteiger charge is 2.43. The van der Waals surface area contributed by atoms with Crippen molar-refractivity contribution in [3.63, 3.8) is 0 Å². The third-order valence-corrected chi connectivity index (χ3v) is 2.76. The van der Waals surface area contributed by atoms with Crippen molar-refractivity contribution in [1.82, 2.24) is 0 Å². The molecule has 0 aliphatic heterocycles. The Bertz CT molecular complexity index is 388. The Morgan fingerprint density at radius 3 is 2.40 bits per heavy atom. The van der Waals surface area contributed by atoms with E-state index in [0.29, 0.717) is 16.5 Å². The molecule has 1 saturated carbocycles. The second-order valence-electron chi connectivity index (χ2n) is 3.59. The number of carbonyl (C=O) groups is 1. The van der Waals surface area contributed by atoms with Crippen molar-refractivity contribution in [3.05, 3.63) is 28.2 Å². The van der Waals surface area contributed by atoms with E-state index >= 15 is 0 Å². The predicted molar refractivity (Wildman–Crippen MR) is 59.6 cm³/mol. The van der Waals surface area contributed by atoms with Gasteiger partial charge in [0.1, 0.15) is 0 Å². The van der Waals surface area contributed by atoms with Crippen LogP contribution in [0.3, 0.4) is 0 Å². The number of nitrogens with one attached hydrogen (secondary N) is 1. The second kappa shape index (κ2) is 3.91. The minimum atomic E-state index is -0.763. The first-order chi connectivity index (χ1) is 7.06. The second-order valence-corrected chi connectivity index (χ2v) is 4.46. The molecular weight excluding hydrogens is 237 g/mol. The minimum Gasteiger partial charge on any atom is -0.481 e. The largest absolute Gasteiger partial charge is 0.481 e. The number of aliphatic carboxylic acids is 1. The zero-order valence-corrected chi connectivity index (χ0v) is 9.22. The molecule has 80 valence electrons. The van der Waals surface area contributed by atoms with E-state index in [1.165, 1.54) is 0 Å². The van der Waals surface area contributed by atoms with E-state index in [0.717, 1.165) is 5.69 Å². The smallest absolute Gasteiger partial charge is 0.308 e. The molecule has 2 atom stereocenters. The van der Waals surface area contributed by atoms with Crippen molar-refractivity contribution >= 4 is 34.9 Å². The average molecular weight is 246 g/mol. The monoisotopic (exact) mass is 245 g/mol. The van der Waals surface area contributed by atoms with Crippen LogP contribution in [0.1, 0.15) is 6.42 Å². The van der Waals surface area contributed by atoms with E-state index in [1.807, 2.05) is 0 Å². The fourth-order valence-corrected chi connectivity index (χ4v) is 2.00. The third-order valence-electron chi connectivity index (χ3n) is 2.32. The molecule has 0 bridgehead atoms. The first kappa shape index (κ1) is 10.6. The summed E-state index contributed by atoms with van der Waals surface area (Å²) < 4.78 is 0. The van der Waals surface area contributed by atoms with E-state index < -0.39 is 5.97 Å². The topological polar surface area (TPSA) is 49.3 Å². The molecule has 15 heavy (non-hydrogen) atoms. The maximum Gasteiger partial charge on any atom is 0.308 e. The summed E-state index contributed by atoms with van der Waals surface area (Å²) in [4.78, 5) is 10.6. The van der Waals surface area contributed by atoms with Crippen LogP contribution in [0.2, 0.25) is 10.0 Å². The first-order valence-electron chi connectivity index (χ1n) is 4.51.